The molecule has 0 aromatic rings. The molecule has 0 saturated heterocycles. The van der Waals surface area contributed by atoms with Crippen LogP contribution in [-0.4, -0.2) is 0 Å². The van der Waals surface area contributed by atoms with Crippen LogP contribution in [0.3, 0.4) is 0 Å². The summed E-state index contributed by atoms with van der Waals surface area (Å²) in [6.07, 6.45) is 16.0. The fraction of sp³-hybridized carbons (Fsp3) is 0.640. The minimum absolute atomic E-state index is 0.217. The summed E-state index contributed by atoms with van der Waals surface area (Å²) >= 11 is 0. The van der Waals surface area contributed by atoms with E-state index in [1.807, 2.05) is 6.08 Å². The van der Waals surface area contributed by atoms with Gasteiger partial charge in [0.15, 0.2) is 0 Å². The normalized spacial score (nSPS) is 40.3. The van der Waals surface area contributed by atoms with Crippen LogP contribution in [0.2, 0.25) is 0 Å². The molecule has 5 atom stereocenters. The van der Waals surface area contributed by atoms with Crippen LogP contribution in [0.4, 0.5) is 0 Å². The maximum atomic E-state index is 9.13. The van der Waals surface area contributed by atoms with E-state index in [0.29, 0.717) is 23.7 Å². The molecule has 0 aromatic heterocycles. The van der Waals surface area contributed by atoms with Crippen LogP contribution in [0.15, 0.2) is 48.1 Å². The maximum absolute atomic E-state index is 9.13. The topological polar surface area (TPSA) is 23.8 Å². The molecule has 0 bridgehead atoms. The number of nitriles is 1. The Hall–Kier alpha value is -1.55. The van der Waals surface area contributed by atoms with Crippen LogP contribution >= 0.6 is 0 Å². The summed E-state index contributed by atoms with van der Waals surface area (Å²) in [4.78, 5) is 0. The highest BCUT2D eigenvalue weighted by Crippen LogP contribution is 2.65. The summed E-state index contributed by atoms with van der Waals surface area (Å²) < 4.78 is 0. The molecular formula is C25H35N. The van der Waals surface area contributed by atoms with Gasteiger partial charge in [-0.1, -0.05) is 75.3 Å². The highest BCUT2D eigenvalue weighted by molar-refractivity contribution is 5.39. The third-order valence-electron chi connectivity index (χ3n) is 7.99. The molecule has 3 rings (SSSR count). The Balaban J connectivity index is 1.98. The predicted octanol–water partition coefficient (Wildman–Crippen LogP) is 7.15. The Bertz CT molecular complexity index is 687. The van der Waals surface area contributed by atoms with Crippen LogP contribution in [-0.2, 0) is 0 Å². The zero-order chi connectivity index (χ0) is 18.9. The number of fused-ring (bicyclic) bond motifs is 3. The van der Waals surface area contributed by atoms with Crippen molar-refractivity contribution in [3.05, 3.63) is 48.1 Å². The number of hydrogen-bond acceptors (Lipinski definition) is 1. The molecule has 3 aliphatic rings. The number of rotatable bonds is 5. The lowest BCUT2D eigenvalue weighted by atomic mass is 9.51. The predicted molar refractivity (Wildman–Crippen MR) is 110 cm³/mol. The van der Waals surface area contributed by atoms with Gasteiger partial charge >= 0.3 is 0 Å². The SMILES string of the molecule is C=C/C=C1/CCC2C(=CCC3(C)C(C(=C)CC#N)CCC23)C1(C)CCC. The minimum atomic E-state index is 0.217. The Labute approximate surface area is 160 Å². The number of allylic oxidation sites excluding steroid dienone is 6. The Morgan fingerprint density at radius 1 is 1.35 bits per heavy atom. The van der Waals surface area contributed by atoms with Crippen LogP contribution in [0, 0.1) is 39.9 Å². The molecule has 1 nitrogen and oxygen atoms in total. The fourth-order valence-corrected chi connectivity index (χ4v) is 6.79. The van der Waals surface area contributed by atoms with Crippen LogP contribution in [0.25, 0.3) is 0 Å². The van der Waals surface area contributed by atoms with Gasteiger partial charge in [-0.25, -0.2) is 0 Å². The number of hydrogen-bond donors (Lipinski definition) is 0. The van der Waals surface area contributed by atoms with E-state index in [-0.39, 0.29) is 5.41 Å². The van der Waals surface area contributed by atoms with E-state index in [2.05, 4.69) is 52.2 Å². The third-order valence-corrected chi connectivity index (χ3v) is 7.99. The molecule has 0 aromatic carbocycles. The second-order valence-electron chi connectivity index (χ2n) is 9.25. The van der Waals surface area contributed by atoms with E-state index >= 15 is 0 Å². The van der Waals surface area contributed by atoms with Crippen LogP contribution in [0.1, 0.15) is 72.1 Å². The van der Waals surface area contributed by atoms with E-state index in [4.69, 9.17) is 5.26 Å². The van der Waals surface area contributed by atoms with Crippen molar-refractivity contribution < 1.29 is 0 Å². The maximum Gasteiger partial charge on any atom is 0.0666 e. The first-order valence-electron chi connectivity index (χ1n) is 10.5. The minimum Gasteiger partial charge on any atom is -0.198 e. The lowest BCUT2D eigenvalue weighted by molar-refractivity contribution is 0.0972. The molecule has 5 unspecified atom stereocenters. The zero-order valence-corrected chi connectivity index (χ0v) is 17.0. The smallest absolute Gasteiger partial charge is 0.0666 e. The van der Waals surface area contributed by atoms with Gasteiger partial charge in [0, 0.05) is 5.41 Å². The zero-order valence-electron chi connectivity index (χ0n) is 17.0. The third kappa shape index (κ3) is 2.83. The van der Waals surface area contributed by atoms with Gasteiger partial charge in [0.05, 0.1) is 12.5 Å². The van der Waals surface area contributed by atoms with Crippen molar-refractivity contribution in [2.24, 2.45) is 28.6 Å². The van der Waals surface area contributed by atoms with Crippen molar-refractivity contribution in [2.75, 3.05) is 0 Å². The Morgan fingerprint density at radius 3 is 2.77 bits per heavy atom. The van der Waals surface area contributed by atoms with Crippen LogP contribution < -0.4 is 0 Å². The quantitative estimate of drug-likeness (QED) is 0.483. The molecule has 2 saturated carbocycles. The molecule has 140 valence electrons. The van der Waals surface area contributed by atoms with Crippen molar-refractivity contribution in [1.82, 2.24) is 0 Å². The summed E-state index contributed by atoms with van der Waals surface area (Å²) in [6, 6.07) is 2.33. The second kappa shape index (κ2) is 7.22. The lowest BCUT2D eigenvalue weighted by Crippen LogP contribution is -2.43. The van der Waals surface area contributed by atoms with E-state index in [1.165, 1.54) is 44.1 Å². The highest BCUT2D eigenvalue weighted by atomic mass is 14.6. The molecule has 2 fully saturated rings. The first-order chi connectivity index (χ1) is 12.4. The first kappa shape index (κ1) is 19.2. The Morgan fingerprint density at radius 2 is 2.12 bits per heavy atom. The van der Waals surface area contributed by atoms with Gasteiger partial charge in [-0.3, -0.25) is 0 Å². The summed E-state index contributed by atoms with van der Waals surface area (Å²) in [5.41, 5.74) is 4.99. The summed E-state index contributed by atoms with van der Waals surface area (Å²) in [6.45, 7) is 15.5. The fourth-order valence-electron chi connectivity index (χ4n) is 6.79. The molecule has 0 amide bonds. The van der Waals surface area contributed by atoms with E-state index in [1.54, 1.807) is 11.1 Å². The van der Waals surface area contributed by atoms with Gasteiger partial charge in [0.1, 0.15) is 0 Å². The van der Waals surface area contributed by atoms with Crippen LogP contribution in [0.5, 0.6) is 0 Å². The number of nitrogens with zero attached hydrogens (tertiary/aromatic N) is 1. The summed E-state index contributed by atoms with van der Waals surface area (Å²) in [5, 5.41) is 9.13. The van der Waals surface area contributed by atoms with Gasteiger partial charge in [-0.05, 0) is 61.7 Å². The molecular weight excluding hydrogens is 314 g/mol. The monoisotopic (exact) mass is 349 g/mol. The average molecular weight is 350 g/mol. The molecule has 0 N–H and O–H groups in total. The molecule has 26 heavy (non-hydrogen) atoms. The van der Waals surface area contributed by atoms with Crippen molar-refractivity contribution in [3.63, 3.8) is 0 Å². The summed E-state index contributed by atoms with van der Waals surface area (Å²) in [7, 11) is 0. The van der Waals surface area contributed by atoms with E-state index in [9.17, 15) is 0 Å². The summed E-state index contributed by atoms with van der Waals surface area (Å²) in [5.74, 6) is 1.99. The van der Waals surface area contributed by atoms with Gasteiger partial charge < -0.3 is 0 Å². The average Bonchev–Trinajstić information content (AvgIpc) is 2.95. The van der Waals surface area contributed by atoms with Crippen molar-refractivity contribution in [3.8, 4) is 6.07 Å². The Kier molecular flexibility index (Phi) is 5.34. The van der Waals surface area contributed by atoms with Gasteiger partial charge in [-0.2, -0.15) is 5.26 Å². The van der Waals surface area contributed by atoms with Gasteiger partial charge in [0.2, 0.25) is 0 Å². The molecule has 0 heterocycles. The van der Waals surface area contributed by atoms with E-state index in [0.717, 1.165) is 12.3 Å². The molecule has 0 aliphatic heterocycles. The molecule has 1 heteroatoms. The lowest BCUT2D eigenvalue weighted by Gasteiger charge is -2.53. The largest absolute Gasteiger partial charge is 0.198 e. The molecule has 0 spiro atoms. The van der Waals surface area contributed by atoms with Gasteiger partial charge in [0.25, 0.3) is 0 Å². The molecule has 3 aliphatic carbocycles. The van der Waals surface area contributed by atoms with Crippen molar-refractivity contribution in [1.29, 1.82) is 5.26 Å². The molecule has 0 radical (unpaired) electrons. The second-order valence-corrected chi connectivity index (χ2v) is 9.25. The van der Waals surface area contributed by atoms with E-state index < -0.39 is 0 Å². The standard InChI is InChI=1S/C25H35N/c1-6-8-19-9-10-20-22-12-11-21(18(3)14-17-26)25(22,5)16-13-23(20)24(19,4)15-7-2/h6,8,13,20-22H,1,3,7,9-12,14-16H2,2,4-5H3/b19-8-. The van der Waals surface area contributed by atoms with Gasteiger partial charge in [-0.15, -0.1) is 0 Å². The van der Waals surface area contributed by atoms with Crippen molar-refractivity contribution >= 4 is 0 Å². The first-order valence-corrected chi connectivity index (χ1v) is 10.5. The highest BCUT2D eigenvalue weighted by Gasteiger charge is 2.55. The van der Waals surface area contributed by atoms with Crippen molar-refractivity contribution in [2.45, 2.75) is 72.1 Å².